The first kappa shape index (κ1) is 18.4. The zero-order chi connectivity index (χ0) is 19.5. The van der Waals surface area contributed by atoms with E-state index in [2.05, 4.69) is 10.3 Å². The van der Waals surface area contributed by atoms with Crippen LogP contribution in [-0.4, -0.2) is 24.1 Å². The molecule has 2 aromatic carbocycles. The third-order valence-electron chi connectivity index (χ3n) is 5.17. The number of anilines is 1. The zero-order valence-electron chi connectivity index (χ0n) is 16.4. The van der Waals surface area contributed by atoms with Gasteiger partial charge in [0, 0.05) is 28.2 Å². The number of amides is 1. The van der Waals surface area contributed by atoms with E-state index in [0.29, 0.717) is 36.0 Å². The first-order valence-electron chi connectivity index (χ1n) is 10.0. The lowest BCUT2D eigenvalue weighted by Crippen LogP contribution is -2.13. The molecule has 5 heteroatoms. The van der Waals surface area contributed by atoms with Crippen molar-refractivity contribution in [3.63, 3.8) is 0 Å². The maximum Gasteiger partial charge on any atom is 0.255 e. The lowest BCUT2D eigenvalue weighted by atomic mass is 9.95. The van der Waals surface area contributed by atoms with Crippen LogP contribution >= 0.6 is 0 Å². The van der Waals surface area contributed by atoms with Gasteiger partial charge in [0.1, 0.15) is 11.5 Å². The molecule has 1 heterocycles. The molecule has 0 saturated heterocycles. The molecule has 2 N–H and O–H groups in total. The molecular weight excluding hydrogens is 352 g/mol. The van der Waals surface area contributed by atoms with Crippen molar-refractivity contribution in [1.29, 1.82) is 0 Å². The second-order valence-electron chi connectivity index (χ2n) is 7.03. The highest BCUT2D eigenvalue weighted by molar-refractivity contribution is 6.07. The maximum absolute atomic E-state index is 13.0. The SMILES string of the molecule is CCOc1ccc(OCC)c(NC(=O)c2ccc3[nH]c4c(c3c2)CCCC4)c1. The Morgan fingerprint density at radius 3 is 2.68 bits per heavy atom. The van der Waals surface area contributed by atoms with E-state index in [4.69, 9.17) is 9.47 Å². The van der Waals surface area contributed by atoms with E-state index in [0.717, 1.165) is 23.7 Å². The monoisotopic (exact) mass is 378 g/mol. The van der Waals surface area contributed by atoms with Crippen molar-refractivity contribution < 1.29 is 14.3 Å². The summed E-state index contributed by atoms with van der Waals surface area (Å²) in [6, 6.07) is 11.4. The van der Waals surface area contributed by atoms with E-state index in [-0.39, 0.29) is 5.91 Å². The van der Waals surface area contributed by atoms with Crippen molar-refractivity contribution >= 4 is 22.5 Å². The second-order valence-corrected chi connectivity index (χ2v) is 7.03. The molecule has 28 heavy (non-hydrogen) atoms. The number of aromatic nitrogens is 1. The lowest BCUT2D eigenvalue weighted by Gasteiger charge is -2.14. The van der Waals surface area contributed by atoms with Crippen molar-refractivity contribution in [3.05, 3.63) is 53.2 Å². The molecule has 5 nitrogen and oxygen atoms in total. The topological polar surface area (TPSA) is 63.4 Å². The van der Waals surface area contributed by atoms with Crippen LogP contribution in [0.5, 0.6) is 11.5 Å². The van der Waals surface area contributed by atoms with Crippen LogP contribution in [0, 0.1) is 0 Å². The fourth-order valence-electron chi connectivity index (χ4n) is 3.89. The van der Waals surface area contributed by atoms with Gasteiger partial charge >= 0.3 is 0 Å². The van der Waals surface area contributed by atoms with Gasteiger partial charge in [-0.2, -0.15) is 0 Å². The predicted octanol–water partition coefficient (Wildman–Crippen LogP) is 5.10. The summed E-state index contributed by atoms with van der Waals surface area (Å²) in [6.07, 6.45) is 4.60. The van der Waals surface area contributed by atoms with E-state index in [1.807, 2.05) is 50.2 Å². The third-order valence-corrected chi connectivity index (χ3v) is 5.17. The Morgan fingerprint density at radius 2 is 1.86 bits per heavy atom. The molecule has 0 saturated carbocycles. The molecule has 0 fully saturated rings. The van der Waals surface area contributed by atoms with Crippen molar-refractivity contribution in [2.75, 3.05) is 18.5 Å². The molecule has 0 aliphatic heterocycles. The molecule has 1 aromatic heterocycles. The smallest absolute Gasteiger partial charge is 0.255 e. The van der Waals surface area contributed by atoms with Crippen molar-refractivity contribution in [2.24, 2.45) is 0 Å². The second kappa shape index (κ2) is 7.97. The number of benzene rings is 2. The summed E-state index contributed by atoms with van der Waals surface area (Å²) in [5.41, 5.74) is 5.06. The van der Waals surface area contributed by atoms with Gasteiger partial charge in [0.2, 0.25) is 0 Å². The van der Waals surface area contributed by atoms with Crippen LogP contribution < -0.4 is 14.8 Å². The van der Waals surface area contributed by atoms with Crippen LogP contribution in [0.15, 0.2) is 36.4 Å². The minimum Gasteiger partial charge on any atom is -0.494 e. The third kappa shape index (κ3) is 3.57. The molecule has 4 rings (SSSR count). The van der Waals surface area contributed by atoms with Crippen LogP contribution in [0.4, 0.5) is 5.69 Å². The van der Waals surface area contributed by atoms with Gasteiger partial charge in [-0.25, -0.2) is 0 Å². The number of fused-ring (bicyclic) bond motifs is 3. The highest BCUT2D eigenvalue weighted by Crippen LogP contribution is 2.32. The Labute approximate surface area is 165 Å². The molecule has 0 spiro atoms. The number of hydrogen-bond donors (Lipinski definition) is 2. The standard InChI is InChI=1S/C23H26N2O3/c1-3-27-16-10-12-22(28-4-2)21(14-16)25-23(26)15-9-11-20-18(13-15)17-7-5-6-8-19(17)24-20/h9-14,24H,3-8H2,1-2H3,(H,25,26). The predicted molar refractivity (Wildman–Crippen MR) is 112 cm³/mol. The first-order valence-corrected chi connectivity index (χ1v) is 10.0. The maximum atomic E-state index is 13.0. The largest absolute Gasteiger partial charge is 0.494 e. The van der Waals surface area contributed by atoms with Crippen LogP contribution in [0.3, 0.4) is 0 Å². The average molecular weight is 378 g/mol. The van der Waals surface area contributed by atoms with Crippen LogP contribution in [0.2, 0.25) is 0 Å². The van der Waals surface area contributed by atoms with E-state index in [9.17, 15) is 4.79 Å². The fourth-order valence-corrected chi connectivity index (χ4v) is 3.89. The number of aryl methyl sites for hydroxylation is 2. The molecule has 1 amide bonds. The molecule has 1 aliphatic carbocycles. The molecule has 0 radical (unpaired) electrons. The van der Waals surface area contributed by atoms with Gasteiger partial charge in [0.05, 0.1) is 18.9 Å². The summed E-state index contributed by atoms with van der Waals surface area (Å²) < 4.78 is 11.2. The van der Waals surface area contributed by atoms with Gasteiger partial charge in [-0.15, -0.1) is 0 Å². The normalized spacial score (nSPS) is 13.2. The number of ether oxygens (including phenoxy) is 2. The Balaban J connectivity index is 1.63. The van der Waals surface area contributed by atoms with E-state index >= 15 is 0 Å². The summed E-state index contributed by atoms with van der Waals surface area (Å²) in [6.45, 7) is 4.95. The Hall–Kier alpha value is -2.95. The summed E-state index contributed by atoms with van der Waals surface area (Å²) in [5.74, 6) is 1.19. The average Bonchev–Trinajstić information content (AvgIpc) is 3.08. The van der Waals surface area contributed by atoms with Gasteiger partial charge in [0.15, 0.2) is 0 Å². The van der Waals surface area contributed by atoms with Gasteiger partial charge in [-0.05, 0) is 75.4 Å². The van der Waals surface area contributed by atoms with Crippen molar-refractivity contribution in [1.82, 2.24) is 4.98 Å². The summed E-state index contributed by atoms with van der Waals surface area (Å²) in [4.78, 5) is 16.5. The van der Waals surface area contributed by atoms with Crippen LogP contribution in [0.1, 0.15) is 48.3 Å². The van der Waals surface area contributed by atoms with Crippen LogP contribution in [-0.2, 0) is 12.8 Å². The van der Waals surface area contributed by atoms with E-state index in [1.165, 1.54) is 24.1 Å². The number of hydrogen-bond acceptors (Lipinski definition) is 3. The molecule has 1 aliphatic rings. The highest BCUT2D eigenvalue weighted by atomic mass is 16.5. The first-order chi connectivity index (χ1) is 13.7. The Kier molecular flexibility index (Phi) is 5.24. The molecule has 146 valence electrons. The number of H-pyrrole nitrogens is 1. The van der Waals surface area contributed by atoms with Crippen molar-refractivity contribution in [2.45, 2.75) is 39.5 Å². The molecule has 0 unspecified atom stereocenters. The minimum absolute atomic E-state index is 0.151. The summed E-state index contributed by atoms with van der Waals surface area (Å²) in [5, 5.41) is 4.16. The lowest BCUT2D eigenvalue weighted by molar-refractivity contribution is 0.102. The molecule has 3 aromatic rings. The number of aromatic amines is 1. The molecule has 0 bridgehead atoms. The molecular formula is C23H26N2O3. The molecule has 0 atom stereocenters. The minimum atomic E-state index is -0.151. The number of carbonyl (C=O) groups is 1. The summed E-state index contributed by atoms with van der Waals surface area (Å²) >= 11 is 0. The number of rotatable bonds is 6. The fraction of sp³-hybridized carbons (Fsp3) is 0.348. The zero-order valence-corrected chi connectivity index (χ0v) is 16.4. The van der Waals surface area contributed by atoms with E-state index < -0.39 is 0 Å². The summed E-state index contributed by atoms with van der Waals surface area (Å²) in [7, 11) is 0. The van der Waals surface area contributed by atoms with Crippen LogP contribution in [0.25, 0.3) is 10.9 Å². The number of carbonyl (C=O) groups excluding carboxylic acids is 1. The quantitative estimate of drug-likeness (QED) is 0.627. The Morgan fingerprint density at radius 1 is 1.04 bits per heavy atom. The number of nitrogens with one attached hydrogen (secondary N) is 2. The highest BCUT2D eigenvalue weighted by Gasteiger charge is 2.17. The van der Waals surface area contributed by atoms with E-state index in [1.54, 1.807) is 0 Å². The van der Waals surface area contributed by atoms with Crippen molar-refractivity contribution in [3.8, 4) is 11.5 Å². The van der Waals surface area contributed by atoms with Gasteiger partial charge in [-0.1, -0.05) is 0 Å². The van der Waals surface area contributed by atoms with Gasteiger partial charge < -0.3 is 19.8 Å². The van der Waals surface area contributed by atoms with Gasteiger partial charge in [-0.3, -0.25) is 4.79 Å². The van der Waals surface area contributed by atoms with Gasteiger partial charge in [0.25, 0.3) is 5.91 Å². The Bertz CT molecular complexity index is 1010.